The summed E-state index contributed by atoms with van der Waals surface area (Å²) in [7, 11) is 0. The molecule has 0 bridgehead atoms. The van der Waals surface area contributed by atoms with E-state index < -0.39 is 23.5 Å². The standard InChI is InChI=1S/C12H10FNO3/c1-2-17-12(16)11(15)10(7-14)8-3-5-9(13)6-4-8/h3-6,10H,2H2,1H3. The average Bonchev–Trinajstić information content (AvgIpc) is 2.32. The van der Waals surface area contributed by atoms with Gasteiger partial charge < -0.3 is 4.74 Å². The second-order valence-electron chi connectivity index (χ2n) is 3.20. The van der Waals surface area contributed by atoms with Crippen molar-refractivity contribution in [2.24, 2.45) is 0 Å². The number of rotatable bonds is 4. The van der Waals surface area contributed by atoms with Crippen LogP contribution in [0.5, 0.6) is 0 Å². The quantitative estimate of drug-likeness (QED) is 0.586. The molecule has 1 atom stereocenters. The molecule has 1 unspecified atom stereocenters. The van der Waals surface area contributed by atoms with Crippen LogP contribution >= 0.6 is 0 Å². The van der Waals surface area contributed by atoms with Crippen LogP contribution < -0.4 is 0 Å². The third-order valence-electron chi connectivity index (χ3n) is 2.07. The molecule has 1 aromatic carbocycles. The van der Waals surface area contributed by atoms with Crippen molar-refractivity contribution >= 4 is 11.8 Å². The Bertz CT molecular complexity index is 462. The van der Waals surface area contributed by atoms with Crippen molar-refractivity contribution in [2.45, 2.75) is 12.8 Å². The van der Waals surface area contributed by atoms with E-state index in [0.717, 1.165) is 12.1 Å². The number of nitrogens with zero attached hydrogens (tertiary/aromatic N) is 1. The van der Waals surface area contributed by atoms with Crippen LogP contribution in [-0.2, 0) is 14.3 Å². The Balaban J connectivity index is 2.93. The Hall–Kier alpha value is -2.22. The van der Waals surface area contributed by atoms with E-state index in [0.29, 0.717) is 0 Å². The van der Waals surface area contributed by atoms with E-state index in [2.05, 4.69) is 4.74 Å². The molecule has 17 heavy (non-hydrogen) atoms. The number of benzene rings is 1. The molecular formula is C12H10FNO3. The molecule has 0 aliphatic heterocycles. The maximum Gasteiger partial charge on any atom is 0.376 e. The number of halogens is 1. The average molecular weight is 235 g/mol. The fourth-order valence-electron chi connectivity index (χ4n) is 1.26. The zero-order valence-corrected chi connectivity index (χ0v) is 9.14. The highest BCUT2D eigenvalue weighted by atomic mass is 19.1. The topological polar surface area (TPSA) is 67.2 Å². The lowest BCUT2D eigenvalue weighted by Crippen LogP contribution is -2.23. The van der Waals surface area contributed by atoms with Gasteiger partial charge in [-0.3, -0.25) is 4.79 Å². The van der Waals surface area contributed by atoms with E-state index in [9.17, 15) is 14.0 Å². The zero-order chi connectivity index (χ0) is 12.8. The smallest absolute Gasteiger partial charge is 0.376 e. The Morgan fingerprint density at radius 3 is 2.47 bits per heavy atom. The molecule has 0 spiro atoms. The lowest BCUT2D eigenvalue weighted by atomic mass is 9.96. The van der Waals surface area contributed by atoms with E-state index in [1.807, 2.05) is 0 Å². The number of hydrogen-bond donors (Lipinski definition) is 0. The molecule has 0 N–H and O–H groups in total. The molecule has 0 amide bonds. The summed E-state index contributed by atoms with van der Waals surface area (Å²) in [5.41, 5.74) is 0.270. The van der Waals surface area contributed by atoms with E-state index in [-0.39, 0.29) is 12.2 Å². The minimum absolute atomic E-state index is 0.0616. The molecule has 0 aliphatic rings. The van der Waals surface area contributed by atoms with Crippen molar-refractivity contribution in [1.29, 1.82) is 5.26 Å². The van der Waals surface area contributed by atoms with E-state index in [4.69, 9.17) is 5.26 Å². The molecular weight excluding hydrogens is 225 g/mol. The number of carbonyl (C=O) groups excluding carboxylic acids is 2. The van der Waals surface area contributed by atoms with Crippen LogP contribution in [0.15, 0.2) is 24.3 Å². The number of hydrogen-bond acceptors (Lipinski definition) is 4. The number of ether oxygens (including phenoxy) is 1. The molecule has 1 aromatic rings. The van der Waals surface area contributed by atoms with Gasteiger partial charge in [-0.2, -0.15) is 5.26 Å². The molecule has 88 valence electrons. The predicted octanol–water partition coefficient (Wildman–Crippen LogP) is 1.57. The van der Waals surface area contributed by atoms with Crippen molar-refractivity contribution in [3.05, 3.63) is 35.6 Å². The van der Waals surface area contributed by atoms with Crippen molar-refractivity contribution in [3.8, 4) is 6.07 Å². The van der Waals surface area contributed by atoms with Crippen molar-refractivity contribution in [2.75, 3.05) is 6.61 Å². The maximum absolute atomic E-state index is 12.7. The number of Topliss-reactive ketones (excluding diaryl/α,β-unsaturated/α-hetero) is 1. The largest absolute Gasteiger partial charge is 0.460 e. The second kappa shape index (κ2) is 5.75. The summed E-state index contributed by atoms with van der Waals surface area (Å²) in [6.45, 7) is 1.62. The summed E-state index contributed by atoms with van der Waals surface area (Å²) >= 11 is 0. The summed E-state index contributed by atoms with van der Waals surface area (Å²) < 4.78 is 17.2. The van der Waals surface area contributed by atoms with Crippen LogP contribution in [0, 0.1) is 17.1 Å². The summed E-state index contributed by atoms with van der Waals surface area (Å²) in [4.78, 5) is 22.7. The van der Waals surface area contributed by atoms with Crippen LogP contribution in [0.25, 0.3) is 0 Å². The Kier molecular flexibility index (Phi) is 4.35. The molecule has 0 fully saturated rings. The minimum atomic E-state index is -1.25. The first-order chi connectivity index (χ1) is 8.10. The van der Waals surface area contributed by atoms with E-state index in [1.54, 1.807) is 13.0 Å². The summed E-state index contributed by atoms with van der Waals surface area (Å²) in [5, 5.41) is 8.86. The van der Waals surface area contributed by atoms with Crippen LogP contribution in [0.4, 0.5) is 4.39 Å². The zero-order valence-electron chi connectivity index (χ0n) is 9.14. The lowest BCUT2D eigenvalue weighted by molar-refractivity contribution is -0.153. The summed E-state index contributed by atoms with van der Waals surface area (Å²) in [6.07, 6.45) is 0. The molecule has 0 saturated carbocycles. The molecule has 0 heterocycles. The van der Waals surface area contributed by atoms with Crippen LogP contribution in [0.3, 0.4) is 0 Å². The number of nitriles is 1. The monoisotopic (exact) mass is 235 g/mol. The van der Waals surface area contributed by atoms with Gasteiger partial charge in [-0.25, -0.2) is 9.18 Å². The number of ketones is 1. The highest BCUT2D eigenvalue weighted by Crippen LogP contribution is 2.17. The van der Waals surface area contributed by atoms with Crippen molar-refractivity contribution < 1.29 is 18.7 Å². The third kappa shape index (κ3) is 3.11. The van der Waals surface area contributed by atoms with Gasteiger partial charge in [0.15, 0.2) is 0 Å². The normalized spacial score (nSPS) is 11.4. The second-order valence-corrected chi connectivity index (χ2v) is 3.20. The molecule has 0 aromatic heterocycles. The van der Waals surface area contributed by atoms with Crippen LogP contribution in [0.1, 0.15) is 18.4 Å². The molecule has 4 nitrogen and oxygen atoms in total. The maximum atomic E-state index is 12.7. The fraction of sp³-hybridized carbons (Fsp3) is 0.250. The first-order valence-electron chi connectivity index (χ1n) is 4.96. The van der Waals surface area contributed by atoms with Crippen LogP contribution in [0.2, 0.25) is 0 Å². The molecule has 1 rings (SSSR count). The molecule has 5 heteroatoms. The highest BCUT2D eigenvalue weighted by Gasteiger charge is 2.27. The molecule has 0 aliphatic carbocycles. The van der Waals surface area contributed by atoms with Gasteiger partial charge >= 0.3 is 5.97 Å². The number of esters is 1. The van der Waals surface area contributed by atoms with Gasteiger partial charge in [0, 0.05) is 0 Å². The van der Waals surface area contributed by atoms with E-state index in [1.165, 1.54) is 12.1 Å². The minimum Gasteiger partial charge on any atom is -0.460 e. The highest BCUT2D eigenvalue weighted by molar-refractivity contribution is 6.36. The number of carbonyl (C=O) groups is 2. The third-order valence-corrected chi connectivity index (χ3v) is 2.07. The van der Waals surface area contributed by atoms with Gasteiger partial charge in [0.25, 0.3) is 5.78 Å². The molecule has 0 radical (unpaired) electrons. The van der Waals surface area contributed by atoms with Gasteiger partial charge in [-0.15, -0.1) is 0 Å². The first kappa shape index (κ1) is 12.8. The fourth-order valence-corrected chi connectivity index (χ4v) is 1.26. The molecule has 0 saturated heterocycles. The van der Waals surface area contributed by atoms with Gasteiger partial charge in [-0.05, 0) is 24.6 Å². The Morgan fingerprint density at radius 2 is 2.00 bits per heavy atom. The van der Waals surface area contributed by atoms with Gasteiger partial charge in [-0.1, -0.05) is 12.1 Å². The van der Waals surface area contributed by atoms with Gasteiger partial charge in [0.2, 0.25) is 0 Å². The first-order valence-corrected chi connectivity index (χ1v) is 4.96. The van der Waals surface area contributed by atoms with Gasteiger partial charge in [0.1, 0.15) is 11.7 Å². The van der Waals surface area contributed by atoms with E-state index >= 15 is 0 Å². The predicted molar refractivity (Wildman–Crippen MR) is 56.4 cm³/mol. The Labute approximate surface area is 97.6 Å². The summed E-state index contributed by atoms with van der Waals surface area (Å²) in [5.74, 6) is -3.73. The SMILES string of the molecule is CCOC(=O)C(=O)C(C#N)c1ccc(F)cc1. The van der Waals surface area contributed by atoms with Gasteiger partial charge in [0.05, 0.1) is 12.7 Å². The van der Waals surface area contributed by atoms with Crippen LogP contribution in [-0.4, -0.2) is 18.4 Å². The summed E-state index contributed by atoms with van der Waals surface area (Å²) in [6, 6.07) is 6.53. The Morgan fingerprint density at radius 1 is 1.41 bits per heavy atom. The lowest BCUT2D eigenvalue weighted by Gasteiger charge is -2.07. The van der Waals surface area contributed by atoms with Crippen molar-refractivity contribution in [1.82, 2.24) is 0 Å². The van der Waals surface area contributed by atoms with Crippen molar-refractivity contribution in [3.63, 3.8) is 0 Å².